The van der Waals surface area contributed by atoms with Crippen LogP contribution in [0.5, 0.6) is 0 Å². The first kappa shape index (κ1) is 11.5. The fourth-order valence-corrected chi connectivity index (χ4v) is 1.63. The van der Waals surface area contributed by atoms with Gasteiger partial charge in [0.1, 0.15) is 6.33 Å². The van der Waals surface area contributed by atoms with Crippen LogP contribution in [-0.4, -0.2) is 44.4 Å². The van der Waals surface area contributed by atoms with Crippen molar-refractivity contribution in [1.29, 1.82) is 0 Å². The number of carboxylic acid groups (broad SMARTS) is 1. The zero-order chi connectivity index (χ0) is 12.3. The lowest BCUT2D eigenvalue weighted by atomic mass is 10.2. The van der Waals surface area contributed by atoms with E-state index in [0.717, 1.165) is 12.8 Å². The Morgan fingerprint density at radius 3 is 2.53 bits per heavy atom. The molecule has 0 bridgehead atoms. The lowest BCUT2D eigenvalue weighted by Crippen LogP contribution is -2.35. The minimum absolute atomic E-state index is 0.0318. The van der Waals surface area contributed by atoms with Gasteiger partial charge in [-0.25, -0.2) is 9.97 Å². The predicted octanol–water partition coefficient (Wildman–Crippen LogP) is 0.556. The van der Waals surface area contributed by atoms with Gasteiger partial charge in [0.2, 0.25) is 0 Å². The van der Waals surface area contributed by atoms with Crippen LogP contribution in [0.2, 0.25) is 0 Å². The zero-order valence-electron chi connectivity index (χ0n) is 9.24. The number of aliphatic carboxylic acids is 1. The average molecular weight is 235 g/mol. The van der Waals surface area contributed by atoms with Crippen LogP contribution in [0.3, 0.4) is 0 Å². The second-order valence-electron chi connectivity index (χ2n) is 4.00. The summed E-state index contributed by atoms with van der Waals surface area (Å²) >= 11 is 0. The van der Waals surface area contributed by atoms with E-state index in [1.165, 1.54) is 18.7 Å². The Kier molecular flexibility index (Phi) is 3.32. The monoisotopic (exact) mass is 235 g/mol. The summed E-state index contributed by atoms with van der Waals surface area (Å²) in [4.78, 5) is 31.8. The zero-order valence-corrected chi connectivity index (χ0v) is 9.24. The molecule has 1 aromatic rings. The maximum atomic E-state index is 12.1. The van der Waals surface area contributed by atoms with E-state index in [4.69, 9.17) is 5.11 Å². The van der Waals surface area contributed by atoms with Gasteiger partial charge in [0, 0.05) is 25.0 Å². The van der Waals surface area contributed by atoms with Crippen molar-refractivity contribution in [3.05, 3.63) is 24.3 Å². The Hall–Kier alpha value is -1.98. The van der Waals surface area contributed by atoms with Crippen molar-refractivity contribution in [2.75, 3.05) is 6.54 Å². The molecule has 1 aromatic heterocycles. The Labute approximate surface area is 98.3 Å². The maximum absolute atomic E-state index is 12.1. The number of hydrogen-bond donors (Lipinski definition) is 1. The highest BCUT2D eigenvalue weighted by molar-refractivity contribution is 5.94. The van der Waals surface area contributed by atoms with E-state index in [-0.39, 0.29) is 24.9 Å². The van der Waals surface area contributed by atoms with Gasteiger partial charge in [0.15, 0.2) is 0 Å². The first-order valence-electron chi connectivity index (χ1n) is 5.46. The number of carbonyl (C=O) groups excluding carboxylic acids is 1. The Bertz CT molecular complexity index is 417. The van der Waals surface area contributed by atoms with Crippen LogP contribution >= 0.6 is 0 Å². The standard InChI is InChI=1S/C11H13N3O3/c15-10(16)3-4-14(9-1-2-9)11(17)8-5-12-7-13-6-8/h5-7,9H,1-4H2,(H,15,16). The highest BCUT2D eigenvalue weighted by atomic mass is 16.4. The molecular formula is C11H13N3O3. The average Bonchev–Trinajstić information content (AvgIpc) is 3.14. The number of rotatable bonds is 5. The molecule has 1 fully saturated rings. The molecule has 1 heterocycles. The summed E-state index contributed by atoms with van der Waals surface area (Å²) < 4.78 is 0. The van der Waals surface area contributed by atoms with E-state index in [9.17, 15) is 9.59 Å². The molecular weight excluding hydrogens is 222 g/mol. The first-order valence-corrected chi connectivity index (χ1v) is 5.46. The van der Waals surface area contributed by atoms with E-state index in [2.05, 4.69) is 9.97 Å². The lowest BCUT2D eigenvalue weighted by molar-refractivity contribution is -0.137. The molecule has 1 saturated carbocycles. The van der Waals surface area contributed by atoms with Crippen LogP contribution < -0.4 is 0 Å². The molecule has 0 aliphatic heterocycles. The molecule has 0 aromatic carbocycles. The predicted molar refractivity (Wildman–Crippen MR) is 58.3 cm³/mol. The fraction of sp³-hybridized carbons (Fsp3) is 0.455. The molecule has 6 nitrogen and oxygen atoms in total. The van der Waals surface area contributed by atoms with Crippen molar-refractivity contribution in [2.45, 2.75) is 25.3 Å². The normalized spacial score (nSPS) is 14.4. The minimum Gasteiger partial charge on any atom is -0.481 e. The quantitative estimate of drug-likeness (QED) is 0.806. The molecule has 1 N–H and O–H groups in total. The Morgan fingerprint density at radius 2 is 2.00 bits per heavy atom. The molecule has 2 rings (SSSR count). The highest BCUT2D eigenvalue weighted by Gasteiger charge is 2.33. The Balaban J connectivity index is 2.05. The first-order chi connectivity index (χ1) is 8.18. The number of carboxylic acids is 1. The molecule has 17 heavy (non-hydrogen) atoms. The molecule has 90 valence electrons. The summed E-state index contributed by atoms with van der Waals surface area (Å²) in [7, 11) is 0. The van der Waals surface area contributed by atoms with Gasteiger partial charge >= 0.3 is 5.97 Å². The fourth-order valence-electron chi connectivity index (χ4n) is 1.63. The Morgan fingerprint density at radius 1 is 1.35 bits per heavy atom. The summed E-state index contributed by atoms with van der Waals surface area (Å²) in [5.41, 5.74) is 0.407. The van der Waals surface area contributed by atoms with E-state index in [1.54, 1.807) is 4.90 Å². The summed E-state index contributed by atoms with van der Waals surface area (Å²) in [5, 5.41) is 8.65. The molecule has 0 atom stereocenters. The summed E-state index contributed by atoms with van der Waals surface area (Å²) in [5.74, 6) is -1.08. The van der Waals surface area contributed by atoms with Gasteiger partial charge in [0.25, 0.3) is 5.91 Å². The number of carbonyl (C=O) groups is 2. The SMILES string of the molecule is O=C(O)CCN(C(=O)c1cncnc1)C1CC1. The summed E-state index contributed by atoms with van der Waals surface area (Å²) in [6.07, 6.45) is 6.11. The molecule has 0 radical (unpaired) electrons. The summed E-state index contributed by atoms with van der Waals surface area (Å²) in [6, 6.07) is 0.182. The van der Waals surface area contributed by atoms with Gasteiger partial charge in [-0.2, -0.15) is 0 Å². The second kappa shape index (κ2) is 4.90. The van der Waals surface area contributed by atoms with Gasteiger partial charge in [-0.15, -0.1) is 0 Å². The van der Waals surface area contributed by atoms with Crippen LogP contribution in [0.25, 0.3) is 0 Å². The smallest absolute Gasteiger partial charge is 0.305 e. The molecule has 1 aliphatic carbocycles. The molecule has 1 aliphatic rings. The van der Waals surface area contributed by atoms with Crippen LogP contribution in [-0.2, 0) is 4.79 Å². The molecule has 6 heteroatoms. The largest absolute Gasteiger partial charge is 0.481 e. The van der Waals surface area contributed by atoms with Crippen molar-refractivity contribution >= 4 is 11.9 Å². The second-order valence-corrected chi connectivity index (χ2v) is 4.00. The molecule has 1 amide bonds. The maximum Gasteiger partial charge on any atom is 0.305 e. The van der Waals surface area contributed by atoms with Gasteiger partial charge < -0.3 is 10.0 Å². The van der Waals surface area contributed by atoms with Crippen molar-refractivity contribution in [3.8, 4) is 0 Å². The highest BCUT2D eigenvalue weighted by Crippen LogP contribution is 2.28. The van der Waals surface area contributed by atoms with Crippen LogP contribution in [0.15, 0.2) is 18.7 Å². The van der Waals surface area contributed by atoms with E-state index in [1.807, 2.05) is 0 Å². The number of aromatic nitrogens is 2. The third kappa shape index (κ3) is 2.99. The third-order valence-corrected chi connectivity index (χ3v) is 2.62. The van der Waals surface area contributed by atoms with Crippen LogP contribution in [0.1, 0.15) is 29.6 Å². The van der Waals surface area contributed by atoms with Crippen molar-refractivity contribution in [3.63, 3.8) is 0 Å². The van der Waals surface area contributed by atoms with Gasteiger partial charge in [-0.05, 0) is 12.8 Å². The van der Waals surface area contributed by atoms with Crippen LogP contribution in [0, 0.1) is 0 Å². The minimum atomic E-state index is -0.896. The number of nitrogens with zero attached hydrogens (tertiary/aromatic N) is 3. The summed E-state index contributed by atoms with van der Waals surface area (Å²) in [6.45, 7) is 0.244. The number of hydrogen-bond acceptors (Lipinski definition) is 4. The van der Waals surface area contributed by atoms with Gasteiger partial charge in [0.05, 0.1) is 12.0 Å². The van der Waals surface area contributed by atoms with E-state index in [0.29, 0.717) is 5.56 Å². The van der Waals surface area contributed by atoms with E-state index >= 15 is 0 Å². The van der Waals surface area contributed by atoms with Crippen molar-refractivity contribution < 1.29 is 14.7 Å². The van der Waals surface area contributed by atoms with Crippen LogP contribution in [0.4, 0.5) is 0 Å². The topological polar surface area (TPSA) is 83.4 Å². The third-order valence-electron chi connectivity index (χ3n) is 2.62. The molecule has 0 saturated heterocycles. The van der Waals surface area contributed by atoms with Gasteiger partial charge in [-0.3, -0.25) is 9.59 Å². The number of amides is 1. The van der Waals surface area contributed by atoms with Gasteiger partial charge in [-0.1, -0.05) is 0 Å². The molecule has 0 unspecified atom stereocenters. The van der Waals surface area contributed by atoms with Crippen molar-refractivity contribution in [2.24, 2.45) is 0 Å². The molecule has 0 spiro atoms. The van der Waals surface area contributed by atoms with E-state index < -0.39 is 5.97 Å². The lowest BCUT2D eigenvalue weighted by Gasteiger charge is -2.21. The van der Waals surface area contributed by atoms with Crippen molar-refractivity contribution in [1.82, 2.24) is 14.9 Å².